The van der Waals surface area contributed by atoms with Gasteiger partial charge in [-0.2, -0.15) is 0 Å². The Kier molecular flexibility index (Phi) is 10.1. The molecule has 1 aromatic rings. The molecule has 0 amide bonds. The predicted octanol–water partition coefficient (Wildman–Crippen LogP) is 4.87. The lowest BCUT2D eigenvalue weighted by Crippen LogP contribution is -2.19. The van der Waals surface area contributed by atoms with Gasteiger partial charge in [-0.15, -0.1) is 0 Å². The second kappa shape index (κ2) is 11.2. The topological polar surface area (TPSA) is 84.0 Å². The highest BCUT2D eigenvalue weighted by Crippen LogP contribution is 2.71. The lowest BCUT2D eigenvalue weighted by molar-refractivity contribution is 0.193. The summed E-state index contributed by atoms with van der Waals surface area (Å²) < 4.78 is 48.4. The van der Waals surface area contributed by atoms with Crippen molar-refractivity contribution in [1.29, 1.82) is 0 Å². The fourth-order valence-electron chi connectivity index (χ4n) is 2.45. The maximum atomic E-state index is 13.3. The molecule has 1 rings (SSSR count). The van der Waals surface area contributed by atoms with Gasteiger partial charge in [-0.25, -0.2) is 0 Å². The van der Waals surface area contributed by atoms with Gasteiger partial charge >= 0.3 is 15.2 Å². The lowest BCUT2D eigenvalue weighted by atomic mass is 10.2. The average Bonchev–Trinajstić information content (AvgIpc) is 2.56. The molecule has 0 bridgehead atoms. The van der Waals surface area contributed by atoms with Crippen LogP contribution in [0.5, 0.6) is 0 Å². The van der Waals surface area contributed by atoms with Crippen LogP contribution in [-0.2, 0) is 33.6 Å². The van der Waals surface area contributed by atoms with Gasteiger partial charge in [0.05, 0.1) is 26.4 Å². The molecule has 7 nitrogen and oxygen atoms in total. The summed E-state index contributed by atoms with van der Waals surface area (Å²) in [6, 6.07) is 5.54. The minimum atomic E-state index is -3.69. The molecule has 1 heterocycles. The summed E-state index contributed by atoms with van der Waals surface area (Å²) in [5.41, 5.74) is 0.798. The first-order chi connectivity index (χ1) is 12.0. The average molecular weight is 393 g/mol. The molecule has 0 fully saturated rings. The maximum absolute atomic E-state index is 13.3. The fraction of sp³-hybridized carbons (Fsp3) is 0.688. The van der Waals surface area contributed by atoms with Gasteiger partial charge in [-0.1, -0.05) is 6.07 Å². The van der Waals surface area contributed by atoms with Gasteiger partial charge in [0, 0.05) is 11.9 Å². The van der Waals surface area contributed by atoms with E-state index in [0.717, 1.165) is 5.69 Å². The Morgan fingerprint density at radius 2 is 1.36 bits per heavy atom. The van der Waals surface area contributed by atoms with E-state index < -0.39 is 20.6 Å². The molecule has 0 saturated heterocycles. The quantitative estimate of drug-likeness (QED) is 0.442. The van der Waals surface area contributed by atoms with Crippen molar-refractivity contribution in [2.45, 2.75) is 45.9 Å². The van der Waals surface area contributed by atoms with Gasteiger partial charge in [0.1, 0.15) is 0 Å². The highest BCUT2D eigenvalue weighted by Gasteiger charge is 2.50. The van der Waals surface area contributed by atoms with Crippen LogP contribution in [-0.4, -0.2) is 36.8 Å². The molecular formula is C16H29NO6P2. The summed E-state index contributed by atoms with van der Waals surface area (Å²) in [6.45, 7) is 7.57. The first-order valence-electron chi connectivity index (χ1n) is 8.63. The Morgan fingerprint density at radius 3 is 1.72 bits per heavy atom. The third-order valence-electron chi connectivity index (χ3n) is 3.35. The number of pyridine rings is 1. The number of rotatable bonds is 13. The van der Waals surface area contributed by atoms with E-state index in [4.69, 9.17) is 18.1 Å². The largest absolute Gasteiger partial charge is 0.345 e. The van der Waals surface area contributed by atoms with Crippen LogP contribution >= 0.6 is 15.2 Å². The molecule has 0 saturated carbocycles. The lowest BCUT2D eigenvalue weighted by Gasteiger charge is -2.31. The fourth-order valence-corrected chi connectivity index (χ4v) is 7.80. The summed E-state index contributed by atoms with van der Waals surface area (Å²) in [5, 5.41) is -0.998. The maximum Gasteiger partial charge on any atom is 0.345 e. The van der Waals surface area contributed by atoms with Crippen LogP contribution in [0.2, 0.25) is 0 Å². The Bertz CT molecular complexity index is 533. The third kappa shape index (κ3) is 6.59. The van der Waals surface area contributed by atoms with E-state index in [1.807, 2.05) is 18.2 Å². The van der Waals surface area contributed by atoms with Gasteiger partial charge in [0.15, 0.2) is 5.40 Å². The molecule has 0 aliphatic carbocycles. The zero-order valence-corrected chi connectivity index (χ0v) is 17.2. The molecule has 144 valence electrons. The molecule has 0 aromatic carbocycles. The van der Waals surface area contributed by atoms with E-state index in [1.54, 1.807) is 33.9 Å². The summed E-state index contributed by atoms with van der Waals surface area (Å²) in [5.74, 6) is 0. The Hall–Kier alpha value is -0.550. The monoisotopic (exact) mass is 393 g/mol. The molecule has 0 aliphatic rings. The van der Waals surface area contributed by atoms with Crippen LogP contribution in [0.25, 0.3) is 0 Å². The van der Waals surface area contributed by atoms with Crippen LogP contribution in [0, 0.1) is 0 Å². The standard InChI is InChI=1S/C16H29NO6P2/c1-5-20-24(18,21-6-2)16(25(19,22-7-3)23-8-4)13-12-15-11-9-10-14-17-15/h9-11,14,16H,5-8,12-13H2,1-4H3. The van der Waals surface area contributed by atoms with Gasteiger partial charge in [0.2, 0.25) is 0 Å². The molecular weight excluding hydrogens is 364 g/mol. The number of aryl methyl sites for hydroxylation is 1. The van der Waals surface area contributed by atoms with Gasteiger partial charge in [-0.05, 0) is 52.7 Å². The van der Waals surface area contributed by atoms with E-state index in [9.17, 15) is 9.13 Å². The Labute approximate surface area is 150 Å². The van der Waals surface area contributed by atoms with Crippen LogP contribution < -0.4 is 0 Å². The zero-order valence-electron chi connectivity index (χ0n) is 15.4. The van der Waals surface area contributed by atoms with E-state index in [0.29, 0.717) is 6.42 Å². The van der Waals surface area contributed by atoms with Crippen molar-refractivity contribution in [3.8, 4) is 0 Å². The first kappa shape index (κ1) is 22.5. The highest BCUT2D eigenvalue weighted by molar-refractivity contribution is 7.72. The minimum Gasteiger partial charge on any atom is -0.308 e. The molecule has 0 atom stereocenters. The number of nitrogens with zero attached hydrogens (tertiary/aromatic N) is 1. The van der Waals surface area contributed by atoms with E-state index in [1.165, 1.54) is 0 Å². The van der Waals surface area contributed by atoms with Crippen molar-refractivity contribution >= 4 is 15.2 Å². The molecule has 25 heavy (non-hydrogen) atoms. The van der Waals surface area contributed by atoms with Crippen LogP contribution in [0.4, 0.5) is 0 Å². The summed E-state index contributed by atoms with van der Waals surface area (Å²) in [6.07, 6.45) is 2.39. The van der Waals surface area contributed by atoms with Crippen molar-refractivity contribution in [2.75, 3.05) is 26.4 Å². The normalized spacial score (nSPS) is 12.7. The third-order valence-corrected chi connectivity index (χ3v) is 9.50. The summed E-state index contributed by atoms with van der Waals surface area (Å²) in [7, 11) is -7.38. The molecule has 0 unspecified atom stereocenters. The van der Waals surface area contributed by atoms with Crippen LogP contribution in [0.3, 0.4) is 0 Å². The van der Waals surface area contributed by atoms with E-state index in [-0.39, 0.29) is 32.8 Å². The van der Waals surface area contributed by atoms with Crippen LogP contribution in [0.1, 0.15) is 39.8 Å². The predicted molar refractivity (Wildman–Crippen MR) is 98.1 cm³/mol. The molecule has 9 heteroatoms. The molecule has 0 spiro atoms. The number of hydrogen-bond donors (Lipinski definition) is 0. The van der Waals surface area contributed by atoms with E-state index >= 15 is 0 Å². The summed E-state index contributed by atoms with van der Waals surface area (Å²) in [4.78, 5) is 4.26. The first-order valence-corrected chi connectivity index (χ1v) is 11.9. The molecule has 0 radical (unpaired) electrons. The Morgan fingerprint density at radius 1 is 0.880 bits per heavy atom. The summed E-state index contributed by atoms with van der Waals surface area (Å²) >= 11 is 0. The van der Waals surface area contributed by atoms with Gasteiger partial charge in [0.25, 0.3) is 0 Å². The Balaban J connectivity index is 3.18. The van der Waals surface area contributed by atoms with E-state index in [2.05, 4.69) is 4.98 Å². The number of aromatic nitrogens is 1. The molecule has 1 aromatic heterocycles. The SMILES string of the molecule is CCOP(=O)(OCC)C(CCc1ccccn1)P(=O)(OCC)OCC. The second-order valence-electron chi connectivity index (χ2n) is 5.09. The van der Waals surface area contributed by atoms with Crippen LogP contribution in [0.15, 0.2) is 24.4 Å². The minimum absolute atomic E-state index is 0.176. The van der Waals surface area contributed by atoms with Crippen molar-refractivity contribution in [1.82, 2.24) is 4.98 Å². The van der Waals surface area contributed by atoms with Gasteiger partial charge < -0.3 is 18.1 Å². The van der Waals surface area contributed by atoms with Crippen molar-refractivity contribution in [3.05, 3.63) is 30.1 Å². The number of hydrogen-bond acceptors (Lipinski definition) is 7. The smallest absolute Gasteiger partial charge is 0.308 e. The zero-order chi connectivity index (χ0) is 18.8. The van der Waals surface area contributed by atoms with Crippen molar-refractivity contribution < 1.29 is 27.2 Å². The van der Waals surface area contributed by atoms with Gasteiger partial charge in [-0.3, -0.25) is 14.1 Å². The molecule has 0 aliphatic heterocycles. The second-order valence-corrected chi connectivity index (χ2v) is 9.94. The van der Waals surface area contributed by atoms with Crippen molar-refractivity contribution in [3.63, 3.8) is 0 Å². The van der Waals surface area contributed by atoms with Crippen molar-refractivity contribution in [2.24, 2.45) is 0 Å². The highest BCUT2D eigenvalue weighted by atomic mass is 31.2. The molecule has 0 N–H and O–H groups in total.